The van der Waals surface area contributed by atoms with Crippen molar-refractivity contribution in [1.29, 1.82) is 0 Å². The number of H-pyrrole nitrogens is 1. The molecule has 150 valence electrons. The first kappa shape index (κ1) is 19.9. The zero-order valence-electron chi connectivity index (χ0n) is 16.3. The zero-order chi connectivity index (χ0) is 21.3. The second kappa shape index (κ2) is 7.30. The molecular weight excluding hydrogens is 376 g/mol. The van der Waals surface area contributed by atoms with E-state index >= 15 is 0 Å². The number of aromatic carboxylic acids is 1. The van der Waals surface area contributed by atoms with Crippen molar-refractivity contribution in [2.75, 3.05) is 5.32 Å². The fourth-order valence-electron chi connectivity index (χ4n) is 2.62. The molecule has 10 nitrogen and oxygen atoms in total. The molecule has 2 heterocycles. The minimum Gasteiger partial charge on any atom is -0.476 e. The van der Waals surface area contributed by atoms with Crippen molar-refractivity contribution in [1.82, 2.24) is 25.0 Å². The Kier molecular flexibility index (Phi) is 5.02. The third kappa shape index (κ3) is 4.21. The van der Waals surface area contributed by atoms with Crippen LogP contribution in [0, 0.1) is 6.92 Å². The van der Waals surface area contributed by atoms with Crippen molar-refractivity contribution >= 4 is 17.6 Å². The Morgan fingerprint density at radius 3 is 2.55 bits per heavy atom. The number of benzene rings is 1. The molecule has 2 aromatic heterocycles. The predicted molar refractivity (Wildman–Crippen MR) is 105 cm³/mol. The lowest BCUT2D eigenvalue weighted by atomic mass is 9.95. The van der Waals surface area contributed by atoms with E-state index in [1.165, 1.54) is 10.9 Å². The molecule has 29 heavy (non-hydrogen) atoms. The van der Waals surface area contributed by atoms with E-state index in [4.69, 9.17) is 5.11 Å². The van der Waals surface area contributed by atoms with E-state index < -0.39 is 17.4 Å². The Morgan fingerprint density at radius 2 is 1.97 bits per heavy atom. The highest BCUT2D eigenvalue weighted by Gasteiger charge is 2.22. The maximum Gasteiger partial charge on any atom is 0.358 e. The summed E-state index contributed by atoms with van der Waals surface area (Å²) in [4.78, 5) is 43.1. The van der Waals surface area contributed by atoms with Crippen molar-refractivity contribution in [3.05, 3.63) is 63.6 Å². The van der Waals surface area contributed by atoms with Gasteiger partial charge in [-0.3, -0.25) is 9.59 Å². The first-order valence-electron chi connectivity index (χ1n) is 8.75. The van der Waals surface area contributed by atoms with Crippen LogP contribution in [0.2, 0.25) is 0 Å². The van der Waals surface area contributed by atoms with Gasteiger partial charge in [0.25, 0.3) is 11.5 Å². The number of anilines is 1. The zero-order valence-corrected chi connectivity index (χ0v) is 16.3. The summed E-state index contributed by atoms with van der Waals surface area (Å²) in [5.41, 5.74) is 0.0742. The molecule has 1 aromatic carbocycles. The van der Waals surface area contributed by atoms with Crippen LogP contribution in [-0.4, -0.2) is 41.9 Å². The Hall–Kier alpha value is -3.82. The van der Waals surface area contributed by atoms with Crippen LogP contribution in [0.4, 0.5) is 5.69 Å². The van der Waals surface area contributed by atoms with Crippen molar-refractivity contribution in [3.63, 3.8) is 0 Å². The SMILES string of the molecule is Cc1nc(C(C)(C)C)[nH]c(=O)c1C(=O)Nc1cccc(-n2cc(C(=O)O)nn2)c1. The number of aromatic amines is 1. The van der Waals surface area contributed by atoms with Gasteiger partial charge in [-0.05, 0) is 25.1 Å². The molecular formula is C19H20N6O4. The maximum absolute atomic E-state index is 12.7. The topological polar surface area (TPSA) is 143 Å². The molecule has 0 fully saturated rings. The average molecular weight is 396 g/mol. The second-order valence-electron chi connectivity index (χ2n) is 7.48. The molecule has 0 spiro atoms. The van der Waals surface area contributed by atoms with Gasteiger partial charge in [0.05, 0.1) is 17.6 Å². The summed E-state index contributed by atoms with van der Waals surface area (Å²) in [6.45, 7) is 7.35. The molecule has 0 bridgehead atoms. The van der Waals surface area contributed by atoms with Crippen molar-refractivity contribution in [3.8, 4) is 5.69 Å². The molecule has 0 aliphatic carbocycles. The fourth-order valence-corrected chi connectivity index (χ4v) is 2.62. The molecule has 0 unspecified atom stereocenters. The van der Waals surface area contributed by atoms with Crippen LogP contribution in [0.3, 0.4) is 0 Å². The van der Waals surface area contributed by atoms with Gasteiger partial charge in [0.1, 0.15) is 11.4 Å². The number of carbonyl (C=O) groups is 2. The Balaban J connectivity index is 1.88. The third-order valence-corrected chi connectivity index (χ3v) is 4.12. The van der Waals surface area contributed by atoms with Gasteiger partial charge < -0.3 is 15.4 Å². The van der Waals surface area contributed by atoms with Crippen molar-refractivity contribution in [2.24, 2.45) is 0 Å². The number of aromatic nitrogens is 5. The van der Waals surface area contributed by atoms with Crippen LogP contribution in [-0.2, 0) is 5.41 Å². The fraction of sp³-hybridized carbons (Fsp3) is 0.263. The number of carbonyl (C=O) groups excluding carboxylic acids is 1. The number of nitrogens with zero attached hydrogens (tertiary/aromatic N) is 4. The summed E-state index contributed by atoms with van der Waals surface area (Å²) >= 11 is 0. The summed E-state index contributed by atoms with van der Waals surface area (Å²) in [5, 5.41) is 18.9. The maximum atomic E-state index is 12.7. The lowest BCUT2D eigenvalue weighted by Gasteiger charge is -2.18. The summed E-state index contributed by atoms with van der Waals surface area (Å²) in [7, 11) is 0. The van der Waals surface area contributed by atoms with Gasteiger partial charge in [-0.15, -0.1) is 5.10 Å². The highest BCUT2D eigenvalue weighted by atomic mass is 16.4. The number of rotatable bonds is 4. The van der Waals surface area contributed by atoms with Crippen LogP contribution < -0.4 is 10.9 Å². The summed E-state index contributed by atoms with van der Waals surface area (Å²) < 4.78 is 1.27. The van der Waals surface area contributed by atoms with Crippen molar-refractivity contribution in [2.45, 2.75) is 33.1 Å². The molecule has 1 amide bonds. The van der Waals surface area contributed by atoms with Gasteiger partial charge in [0.2, 0.25) is 0 Å². The standard InChI is InChI=1S/C19H20N6O4/c1-10-14(16(27)22-18(20-10)19(2,3)4)15(26)21-11-6-5-7-12(8-11)25-9-13(17(28)29)23-24-25/h5-9H,1-4H3,(H,21,26)(H,28,29)(H,20,22,27). The minimum absolute atomic E-state index is 0.0719. The number of aryl methyl sites for hydroxylation is 1. The molecule has 0 atom stereocenters. The van der Waals surface area contributed by atoms with Crippen LogP contribution in [0.1, 0.15) is 53.1 Å². The second-order valence-corrected chi connectivity index (χ2v) is 7.48. The first-order valence-corrected chi connectivity index (χ1v) is 8.75. The number of hydrogen-bond donors (Lipinski definition) is 3. The molecule has 3 aromatic rings. The number of nitrogens with one attached hydrogen (secondary N) is 2. The average Bonchev–Trinajstić information content (AvgIpc) is 3.11. The van der Waals surface area contributed by atoms with E-state index in [2.05, 4.69) is 25.6 Å². The normalized spacial score (nSPS) is 11.3. The summed E-state index contributed by atoms with van der Waals surface area (Å²) in [6, 6.07) is 6.55. The lowest BCUT2D eigenvalue weighted by Crippen LogP contribution is -2.30. The van der Waals surface area contributed by atoms with Gasteiger partial charge in [-0.2, -0.15) is 0 Å². The number of carboxylic acid groups (broad SMARTS) is 1. The molecule has 0 saturated heterocycles. The molecule has 0 saturated carbocycles. The van der Waals surface area contributed by atoms with E-state index in [1.54, 1.807) is 31.2 Å². The van der Waals surface area contributed by atoms with Crippen LogP contribution in [0.25, 0.3) is 5.69 Å². The van der Waals surface area contributed by atoms with Gasteiger partial charge in [-0.1, -0.05) is 32.1 Å². The quantitative estimate of drug-likeness (QED) is 0.611. The molecule has 0 aliphatic rings. The monoisotopic (exact) mass is 396 g/mol. The molecule has 3 N–H and O–H groups in total. The van der Waals surface area contributed by atoms with E-state index in [0.717, 1.165) is 0 Å². The highest BCUT2D eigenvalue weighted by molar-refractivity contribution is 6.04. The number of carboxylic acids is 1. The third-order valence-electron chi connectivity index (χ3n) is 4.12. The highest BCUT2D eigenvalue weighted by Crippen LogP contribution is 2.18. The summed E-state index contributed by atoms with van der Waals surface area (Å²) in [6.07, 6.45) is 1.26. The number of amides is 1. The van der Waals surface area contributed by atoms with Crippen molar-refractivity contribution < 1.29 is 14.7 Å². The first-order chi connectivity index (χ1) is 13.6. The van der Waals surface area contributed by atoms with Gasteiger partial charge in [0.15, 0.2) is 5.69 Å². The largest absolute Gasteiger partial charge is 0.476 e. The Labute approximate surface area is 165 Å². The van der Waals surface area contributed by atoms with Crippen LogP contribution in [0.15, 0.2) is 35.3 Å². The van der Waals surface area contributed by atoms with Crippen LogP contribution in [0.5, 0.6) is 0 Å². The Bertz CT molecular complexity index is 1160. The number of hydrogen-bond acceptors (Lipinski definition) is 6. The van der Waals surface area contributed by atoms with Gasteiger partial charge in [-0.25, -0.2) is 14.5 Å². The van der Waals surface area contributed by atoms with Crippen LogP contribution >= 0.6 is 0 Å². The van der Waals surface area contributed by atoms with E-state index in [-0.39, 0.29) is 16.7 Å². The molecule has 3 rings (SSSR count). The lowest BCUT2D eigenvalue weighted by molar-refractivity contribution is 0.0690. The minimum atomic E-state index is -1.19. The molecule has 0 aliphatic heterocycles. The smallest absolute Gasteiger partial charge is 0.358 e. The molecule has 0 radical (unpaired) electrons. The predicted octanol–water partition coefficient (Wildman–Crippen LogP) is 1.91. The summed E-state index contributed by atoms with van der Waals surface area (Å²) in [5.74, 6) is -1.29. The van der Waals surface area contributed by atoms with Gasteiger partial charge >= 0.3 is 5.97 Å². The van der Waals surface area contributed by atoms with E-state index in [0.29, 0.717) is 22.9 Å². The van der Waals surface area contributed by atoms with Gasteiger partial charge in [0, 0.05) is 11.1 Å². The van der Waals surface area contributed by atoms with E-state index in [9.17, 15) is 14.4 Å². The van der Waals surface area contributed by atoms with E-state index in [1.807, 2.05) is 20.8 Å². The molecule has 10 heteroatoms. The Morgan fingerprint density at radius 1 is 1.24 bits per heavy atom.